The van der Waals surface area contributed by atoms with Crippen molar-refractivity contribution in [3.63, 3.8) is 0 Å². The van der Waals surface area contributed by atoms with Crippen molar-refractivity contribution < 1.29 is 9.53 Å². The number of ether oxygens (including phenoxy) is 1. The van der Waals surface area contributed by atoms with Gasteiger partial charge >= 0.3 is 0 Å². The van der Waals surface area contributed by atoms with Gasteiger partial charge in [0.15, 0.2) is 0 Å². The average Bonchev–Trinajstić information content (AvgIpc) is 2.50. The Labute approximate surface area is 95.8 Å². The summed E-state index contributed by atoms with van der Waals surface area (Å²) in [5.74, 6) is 0.896. The lowest BCUT2D eigenvalue weighted by molar-refractivity contribution is -0.109. The Kier molecular flexibility index (Phi) is 3.57. The van der Waals surface area contributed by atoms with Crippen LogP contribution >= 0.6 is 0 Å². The van der Waals surface area contributed by atoms with E-state index in [-0.39, 0.29) is 6.04 Å². The summed E-state index contributed by atoms with van der Waals surface area (Å²) < 4.78 is 5.47. The fourth-order valence-electron chi connectivity index (χ4n) is 2.13. The maximum Gasteiger partial charge on any atom is 0.141 e. The zero-order valence-electron chi connectivity index (χ0n) is 9.53. The maximum atomic E-state index is 11.0. The smallest absolute Gasteiger partial charge is 0.141 e. The molecule has 86 valence electrons. The molecule has 0 saturated heterocycles. The molecule has 0 aliphatic carbocycles. The highest BCUT2D eigenvalue weighted by Gasteiger charge is 2.17. The topological polar surface area (TPSA) is 38.3 Å². The first-order chi connectivity index (χ1) is 7.85. The maximum absolute atomic E-state index is 11.0. The van der Waals surface area contributed by atoms with Crippen molar-refractivity contribution in [2.45, 2.75) is 25.8 Å². The highest BCUT2D eigenvalue weighted by Crippen LogP contribution is 2.25. The van der Waals surface area contributed by atoms with E-state index < -0.39 is 0 Å². The van der Waals surface area contributed by atoms with E-state index in [1.165, 1.54) is 5.56 Å². The van der Waals surface area contributed by atoms with E-state index in [0.717, 1.165) is 37.0 Å². The number of aldehydes is 1. The zero-order valence-corrected chi connectivity index (χ0v) is 9.53. The normalized spacial score (nSPS) is 19.7. The average molecular weight is 219 g/mol. The first-order valence-electron chi connectivity index (χ1n) is 5.79. The van der Waals surface area contributed by atoms with Crippen LogP contribution < -0.4 is 10.1 Å². The molecule has 1 unspecified atom stereocenters. The lowest BCUT2D eigenvalue weighted by atomic mass is 9.99. The van der Waals surface area contributed by atoms with Crippen LogP contribution in [0.3, 0.4) is 0 Å². The van der Waals surface area contributed by atoms with Crippen LogP contribution in [0.2, 0.25) is 0 Å². The van der Waals surface area contributed by atoms with Gasteiger partial charge in [-0.05, 0) is 49.6 Å². The lowest BCUT2D eigenvalue weighted by Gasteiger charge is -2.13. The van der Waals surface area contributed by atoms with Crippen molar-refractivity contribution in [1.29, 1.82) is 0 Å². The number of nitrogens with one attached hydrogen (secondary N) is 1. The van der Waals surface area contributed by atoms with E-state index in [1.54, 1.807) is 0 Å². The second-order valence-corrected chi connectivity index (χ2v) is 3.97. The molecule has 1 aliphatic heterocycles. The summed E-state index contributed by atoms with van der Waals surface area (Å²) in [5.41, 5.74) is 2.32. The van der Waals surface area contributed by atoms with Crippen LogP contribution in [0.1, 0.15) is 30.5 Å². The molecule has 0 aromatic heterocycles. The van der Waals surface area contributed by atoms with Crippen molar-refractivity contribution in [2.24, 2.45) is 0 Å². The molecule has 0 fully saturated rings. The largest absolute Gasteiger partial charge is 0.494 e. The first kappa shape index (κ1) is 11.1. The highest BCUT2D eigenvalue weighted by molar-refractivity contribution is 5.63. The summed E-state index contributed by atoms with van der Waals surface area (Å²) >= 11 is 0. The van der Waals surface area contributed by atoms with Crippen LogP contribution in [-0.2, 0) is 11.2 Å². The fraction of sp³-hybridized carbons (Fsp3) is 0.462. The van der Waals surface area contributed by atoms with E-state index in [1.807, 2.05) is 19.1 Å². The van der Waals surface area contributed by atoms with E-state index in [4.69, 9.17) is 4.74 Å². The minimum atomic E-state index is -0.159. The fourth-order valence-corrected chi connectivity index (χ4v) is 2.13. The number of carbonyl (C=O) groups excluding carboxylic acids is 1. The molecule has 3 heteroatoms. The molecular formula is C13H17NO2. The monoisotopic (exact) mass is 219 g/mol. The molecule has 1 aromatic rings. The van der Waals surface area contributed by atoms with Crippen LogP contribution in [0.15, 0.2) is 18.2 Å². The van der Waals surface area contributed by atoms with E-state index in [9.17, 15) is 4.79 Å². The van der Waals surface area contributed by atoms with Gasteiger partial charge in [-0.15, -0.1) is 0 Å². The summed E-state index contributed by atoms with van der Waals surface area (Å²) in [6, 6.07) is 5.83. The van der Waals surface area contributed by atoms with Crippen molar-refractivity contribution in [3.05, 3.63) is 29.3 Å². The Hall–Kier alpha value is -1.35. The van der Waals surface area contributed by atoms with Gasteiger partial charge in [-0.2, -0.15) is 0 Å². The summed E-state index contributed by atoms with van der Waals surface area (Å²) in [5, 5.41) is 3.23. The molecule has 3 nitrogen and oxygen atoms in total. The first-order valence-corrected chi connectivity index (χ1v) is 5.79. The quantitative estimate of drug-likeness (QED) is 0.789. The molecule has 1 atom stereocenters. The van der Waals surface area contributed by atoms with E-state index >= 15 is 0 Å². The van der Waals surface area contributed by atoms with Gasteiger partial charge in [0.25, 0.3) is 0 Å². The third-order valence-electron chi connectivity index (χ3n) is 2.88. The molecule has 0 amide bonds. The Morgan fingerprint density at radius 2 is 2.44 bits per heavy atom. The van der Waals surface area contributed by atoms with Crippen molar-refractivity contribution >= 4 is 6.29 Å². The predicted octanol–water partition coefficient (Wildman–Crippen LogP) is 1.86. The van der Waals surface area contributed by atoms with Crippen LogP contribution in [0.5, 0.6) is 5.75 Å². The Balaban J connectivity index is 2.33. The molecule has 1 heterocycles. The third kappa shape index (κ3) is 2.25. The number of rotatable bonds is 3. The summed E-state index contributed by atoms with van der Waals surface area (Å²) in [4.78, 5) is 11.0. The van der Waals surface area contributed by atoms with Crippen molar-refractivity contribution in [1.82, 2.24) is 5.32 Å². The van der Waals surface area contributed by atoms with Gasteiger partial charge in [0.1, 0.15) is 12.0 Å². The lowest BCUT2D eigenvalue weighted by Crippen LogP contribution is -2.21. The minimum Gasteiger partial charge on any atom is -0.494 e. The van der Waals surface area contributed by atoms with E-state index in [0.29, 0.717) is 6.61 Å². The molecular weight excluding hydrogens is 202 g/mol. The number of hydrogen-bond donors (Lipinski definition) is 1. The minimum absolute atomic E-state index is 0.159. The summed E-state index contributed by atoms with van der Waals surface area (Å²) in [6.07, 6.45) is 3.05. The zero-order chi connectivity index (χ0) is 11.4. The van der Waals surface area contributed by atoms with Crippen LogP contribution in [0.25, 0.3) is 0 Å². The molecule has 0 spiro atoms. The standard InChI is InChI=1S/C13H17NO2/c1-2-16-11-5-6-12-10(8-11)4-3-7-14-13(12)9-15/h5-6,8-9,13-14H,2-4,7H2,1H3. The summed E-state index contributed by atoms with van der Waals surface area (Å²) in [7, 11) is 0. The van der Waals surface area contributed by atoms with Gasteiger partial charge in [0, 0.05) is 0 Å². The van der Waals surface area contributed by atoms with Gasteiger partial charge in [-0.25, -0.2) is 0 Å². The van der Waals surface area contributed by atoms with E-state index in [2.05, 4.69) is 11.4 Å². The highest BCUT2D eigenvalue weighted by atomic mass is 16.5. The number of carbonyl (C=O) groups is 1. The molecule has 1 aromatic carbocycles. The van der Waals surface area contributed by atoms with Gasteiger partial charge in [-0.3, -0.25) is 0 Å². The van der Waals surface area contributed by atoms with Gasteiger partial charge in [-0.1, -0.05) is 6.07 Å². The molecule has 2 rings (SSSR count). The van der Waals surface area contributed by atoms with Gasteiger partial charge < -0.3 is 14.8 Å². The number of fused-ring (bicyclic) bond motifs is 1. The molecule has 16 heavy (non-hydrogen) atoms. The second kappa shape index (κ2) is 5.12. The van der Waals surface area contributed by atoms with Gasteiger partial charge in [0.2, 0.25) is 0 Å². The summed E-state index contributed by atoms with van der Waals surface area (Å²) in [6.45, 7) is 3.54. The SMILES string of the molecule is CCOc1ccc2c(c1)CCCNC2C=O. The predicted molar refractivity (Wildman–Crippen MR) is 62.7 cm³/mol. The van der Waals surface area contributed by atoms with Gasteiger partial charge in [0.05, 0.1) is 12.6 Å². The third-order valence-corrected chi connectivity index (χ3v) is 2.88. The number of hydrogen-bond acceptors (Lipinski definition) is 3. The molecule has 1 N–H and O–H groups in total. The van der Waals surface area contributed by atoms with Crippen LogP contribution in [0.4, 0.5) is 0 Å². The number of benzene rings is 1. The van der Waals surface area contributed by atoms with Crippen LogP contribution in [-0.4, -0.2) is 19.4 Å². The van der Waals surface area contributed by atoms with Crippen molar-refractivity contribution in [3.8, 4) is 5.75 Å². The van der Waals surface area contributed by atoms with Crippen molar-refractivity contribution in [2.75, 3.05) is 13.2 Å². The Bertz CT molecular complexity index is 376. The molecule has 1 aliphatic rings. The molecule has 0 bridgehead atoms. The molecule has 0 radical (unpaired) electrons. The Morgan fingerprint density at radius 1 is 1.56 bits per heavy atom. The molecule has 0 saturated carbocycles. The second-order valence-electron chi connectivity index (χ2n) is 3.97. The number of aryl methyl sites for hydroxylation is 1. The van der Waals surface area contributed by atoms with Crippen LogP contribution in [0, 0.1) is 0 Å². The Morgan fingerprint density at radius 3 is 3.19 bits per heavy atom.